The first kappa shape index (κ1) is 8.75. The average Bonchev–Trinajstić information content (AvgIpc) is 2.39. The van der Waals surface area contributed by atoms with Crippen molar-refractivity contribution in [3.05, 3.63) is 47.7 Å². The number of nitrogens with one attached hydrogen (secondary N) is 1. The zero-order valence-corrected chi connectivity index (χ0v) is 7.95. The second-order valence-electron chi connectivity index (χ2n) is 3.21. The second-order valence-corrected chi connectivity index (χ2v) is 3.21. The smallest absolute Gasteiger partial charge is 0.175 e. The van der Waals surface area contributed by atoms with Gasteiger partial charge in [-0.1, -0.05) is 30.4 Å². The van der Waals surface area contributed by atoms with E-state index in [-0.39, 0.29) is 5.78 Å². The quantitative estimate of drug-likeness (QED) is 0.728. The van der Waals surface area contributed by atoms with Crippen LogP contribution in [0.2, 0.25) is 0 Å². The minimum atomic E-state index is 0.0475. The Hall–Kier alpha value is -1.83. The number of hydrogen-bond acceptors (Lipinski definition) is 2. The molecule has 0 spiro atoms. The molecule has 2 heteroatoms. The maximum atomic E-state index is 11.2. The predicted octanol–water partition coefficient (Wildman–Crippen LogP) is 2.60. The highest BCUT2D eigenvalue weighted by molar-refractivity contribution is 5.97. The minimum absolute atomic E-state index is 0.0475. The summed E-state index contributed by atoms with van der Waals surface area (Å²) in [5.74, 6) is 0.0475. The number of ketones is 1. The van der Waals surface area contributed by atoms with Crippen molar-refractivity contribution in [2.24, 2.45) is 0 Å². The number of hydrogen-bond donors (Lipinski definition) is 1. The Bertz CT molecular complexity index is 430. The van der Waals surface area contributed by atoms with Gasteiger partial charge in [-0.2, -0.15) is 0 Å². The summed E-state index contributed by atoms with van der Waals surface area (Å²) in [7, 11) is 0. The van der Waals surface area contributed by atoms with Crippen LogP contribution < -0.4 is 5.32 Å². The summed E-state index contributed by atoms with van der Waals surface area (Å²) in [6.07, 6.45) is 5.66. The third-order valence-electron chi connectivity index (χ3n) is 2.15. The molecule has 0 amide bonds. The van der Waals surface area contributed by atoms with Crippen LogP contribution in [-0.2, 0) is 4.79 Å². The Morgan fingerprint density at radius 1 is 1.29 bits per heavy atom. The SMILES string of the molecule is CC(=O)C1=CC=Cc2ccccc2N1. The van der Waals surface area contributed by atoms with E-state index in [9.17, 15) is 4.79 Å². The number of Topliss-reactive ketones (excluding diaryl/α,β-unsaturated/α-hetero) is 1. The van der Waals surface area contributed by atoms with E-state index in [1.807, 2.05) is 36.4 Å². The number of fused-ring (bicyclic) bond motifs is 1. The van der Waals surface area contributed by atoms with Crippen molar-refractivity contribution in [2.75, 3.05) is 5.32 Å². The molecule has 1 N–H and O–H groups in total. The van der Waals surface area contributed by atoms with Crippen LogP contribution in [0.5, 0.6) is 0 Å². The number of carbonyl (C=O) groups is 1. The molecule has 0 radical (unpaired) electrons. The zero-order valence-electron chi connectivity index (χ0n) is 7.95. The molecule has 14 heavy (non-hydrogen) atoms. The molecule has 2 nitrogen and oxygen atoms in total. The van der Waals surface area contributed by atoms with Gasteiger partial charge in [0.2, 0.25) is 0 Å². The van der Waals surface area contributed by atoms with Crippen molar-refractivity contribution in [3.63, 3.8) is 0 Å². The number of benzene rings is 1. The molecular formula is C12H11NO. The van der Waals surface area contributed by atoms with Gasteiger partial charge >= 0.3 is 0 Å². The molecule has 0 saturated carbocycles. The molecule has 1 aromatic carbocycles. The van der Waals surface area contributed by atoms with E-state index in [1.54, 1.807) is 13.0 Å². The van der Waals surface area contributed by atoms with E-state index < -0.39 is 0 Å². The van der Waals surface area contributed by atoms with Crippen molar-refractivity contribution in [1.82, 2.24) is 0 Å². The van der Waals surface area contributed by atoms with E-state index in [0.29, 0.717) is 5.70 Å². The van der Waals surface area contributed by atoms with Gasteiger partial charge in [-0.05, 0) is 17.7 Å². The molecule has 1 aliphatic heterocycles. The van der Waals surface area contributed by atoms with Gasteiger partial charge in [0.1, 0.15) is 0 Å². The van der Waals surface area contributed by atoms with Crippen molar-refractivity contribution in [2.45, 2.75) is 6.92 Å². The summed E-state index contributed by atoms with van der Waals surface area (Å²) < 4.78 is 0. The van der Waals surface area contributed by atoms with Crippen LogP contribution in [0, 0.1) is 0 Å². The Morgan fingerprint density at radius 3 is 2.86 bits per heavy atom. The Labute approximate surface area is 82.9 Å². The van der Waals surface area contributed by atoms with E-state index in [1.165, 1.54) is 0 Å². The third-order valence-corrected chi connectivity index (χ3v) is 2.15. The molecule has 1 heterocycles. The molecular weight excluding hydrogens is 174 g/mol. The van der Waals surface area contributed by atoms with Gasteiger partial charge in [-0.25, -0.2) is 0 Å². The van der Waals surface area contributed by atoms with E-state index in [4.69, 9.17) is 0 Å². The maximum absolute atomic E-state index is 11.2. The molecule has 0 unspecified atom stereocenters. The monoisotopic (exact) mass is 185 g/mol. The van der Waals surface area contributed by atoms with Gasteiger partial charge in [0.05, 0.1) is 5.70 Å². The standard InChI is InChI=1S/C12H11NO/c1-9(14)11-8-4-6-10-5-2-3-7-12(10)13-11/h2-8,13H,1H3. The molecule has 0 aliphatic carbocycles. The molecule has 0 fully saturated rings. The van der Waals surface area contributed by atoms with Crippen molar-refractivity contribution in [1.29, 1.82) is 0 Å². The summed E-state index contributed by atoms with van der Waals surface area (Å²) in [5.41, 5.74) is 2.70. The maximum Gasteiger partial charge on any atom is 0.175 e. The van der Waals surface area contributed by atoms with Gasteiger partial charge < -0.3 is 5.32 Å². The summed E-state index contributed by atoms with van der Waals surface area (Å²) >= 11 is 0. The van der Waals surface area contributed by atoms with Crippen molar-refractivity contribution in [3.8, 4) is 0 Å². The Kier molecular flexibility index (Phi) is 2.19. The Balaban J connectivity index is 2.42. The molecule has 1 aliphatic rings. The molecule has 1 aromatic rings. The summed E-state index contributed by atoms with van der Waals surface area (Å²) in [6, 6.07) is 7.89. The fraction of sp³-hybridized carbons (Fsp3) is 0.0833. The molecule has 2 rings (SSSR count). The van der Waals surface area contributed by atoms with Gasteiger partial charge in [-0.3, -0.25) is 4.79 Å². The van der Waals surface area contributed by atoms with Crippen LogP contribution >= 0.6 is 0 Å². The first-order valence-electron chi connectivity index (χ1n) is 4.53. The minimum Gasteiger partial charge on any atom is -0.352 e. The van der Waals surface area contributed by atoms with Crippen LogP contribution in [0.3, 0.4) is 0 Å². The number of rotatable bonds is 1. The average molecular weight is 185 g/mol. The summed E-state index contributed by atoms with van der Waals surface area (Å²) in [4.78, 5) is 11.2. The first-order valence-corrected chi connectivity index (χ1v) is 4.53. The lowest BCUT2D eigenvalue weighted by Gasteiger charge is -2.08. The number of allylic oxidation sites excluding steroid dienone is 3. The van der Waals surface area contributed by atoms with E-state index in [0.717, 1.165) is 11.3 Å². The normalized spacial score (nSPS) is 13.6. The van der Waals surface area contributed by atoms with Gasteiger partial charge in [0.25, 0.3) is 0 Å². The summed E-state index contributed by atoms with van der Waals surface area (Å²) in [6.45, 7) is 1.56. The molecule has 0 aromatic heterocycles. The van der Waals surface area contributed by atoms with Crippen molar-refractivity contribution < 1.29 is 4.79 Å². The van der Waals surface area contributed by atoms with Gasteiger partial charge in [0.15, 0.2) is 5.78 Å². The largest absolute Gasteiger partial charge is 0.352 e. The topological polar surface area (TPSA) is 29.1 Å². The predicted molar refractivity (Wildman–Crippen MR) is 57.9 cm³/mol. The fourth-order valence-corrected chi connectivity index (χ4v) is 1.40. The van der Waals surface area contributed by atoms with E-state index in [2.05, 4.69) is 5.32 Å². The number of para-hydroxylation sites is 1. The lowest BCUT2D eigenvalue weighted by Crippen LogP contribution is -2.07. The lowest BCUT2D eigenvalue weighted by molar-refractivity contribution is -0.113. The molecule has 0 atom stereocenters. The Morgan fingerprint density at radius 2 is 2.07 bits per heavy atom. The van der Waals surface area contributed by atoms with Crippen LogP contribution in [0.15, 0.2) is 42.1 Å². The highest BCUT2D eigenvalue weighted by atomic mass is 16.1. The number of carbonyl (C=O) groups excluding carboxylic acids is 1. The van der Waals surface area contributed by atoms with Gasteiger partial charge in [0, 0.05) is 12.6 Å². The van der Waals surface area contributed by atoms with Gasteiger partial charge in [-0.15, -0.1) is 0 Å². The molecule has 0 bridgehead atoms. The van der Waals surface area contributed by atoms with Crippen molar-refractivity contribution >= 4 is 17.5 Å². The fourth-order valence-electron chi connectivity index (χ4n) is 1.40. The zero-order chi connectivity index (χ0) is 9.97. The first-order chi connectivity index (χ1) is 6.77. The summed E-state index contributed by atoms with van der Waals surface area (Å²) in [5, 5.41) is 3.11. The van der Waals surface area contributed by atoms with Crippen LogP contribution in [0.25, 0.3) is 6.08 Å². The van der Waals surface area contributed by atoms with Crippen LogP contribution in [0.4, 0.5) is 5.69 Å². The third kappa shape index (κ3) is 1.59. The highest BCUT2D eigenvalue weighted by Gasteiger charge is 2.07. The molecule has 0 saturated heterocycles. The highest BCUT2D eigenvalue weighted by Crippen LogP contribution is 2.21. The van der Waals surface area contributed by atoms with Crippen LogP contribution in [0.1, 0.15) is 12.5 Å². The lowest BCUT2D eigenvalue weighted by atomic mass is 10.2. The molecule has 70 valence electrons. The van der Waals surface area contributed by atoms with E-state index >= 15 is 0 Å². The second kappa shape index (κ2) is 3.50. The van der Waals surface area contributed by atoms with Crippen LogP contribution in [-0.4, -0.2) is 5.78 Å². The number of anilines is 1.